The number of hydrogen-bond donors (Lipinski definition) is 6. The fourth-order valence-electron chi connectivity index (χ4n) is 13.9. The molecule has 2 saturated heterocycles. The van der Waals surface area contributed by atoms with Gasteiger partial charge in [-0.15, -0.1) is 11.5 Å². The van der Waals surface area contributed by atoms with Crippen LogP contribution in [-0.2, 0) is 108 Å². The van der Waals surface area contributed by atoms with Crippen LogP contribution in [0.25, 0.3) is 32.2 Å². The Morgan fingerprint density at radius 1 is 0.562 bits per heavy atom. The lowest BCUT2D eigenvalue weighted by molar-refractivity contribution is -0.138. The molecule has 2 unspecified atom stereocenters. The molecule has 0 saturated carbocycles. The lowest BCUT2D eigenvalue weighted by atomic mass is 10.0. The lowest BCUT2D eigenvalue weighted by Crippen LogP contribution is -2.52. The Hall–Kier alpha value is -14.8. The van der Waals surface area contributed by atoms with Crippen LogP contribution in [0, 0.1) is 47.2 Å². The van der Waals surface area contributed by atoms with Crippen LogP contribution in [0.3, 0.4) is 0 Å². The summed E-state index contributed by atoms with van der Waals surface area (Å²) in [5, 5.41) is 37.2. The Bertz CT molecular complexity index is 6620. The van der Waals surface area contributed by atoms with Crippen LogP contribution in [0.4, 0.5) is 61.0 Å². The number of imide groups is 2. The van der Waals surface area contributed by atoms with Crippen molar-refractivity contribution in [2.24, 2.45) is 19.2 Å². The number of terminal acetylenes is 1. The molecule has 5 aromatic heterocycles. The van der Waals surface area contributed by atoms with Crippen molar-refractivity contribution in [1.29, 1.82) is 0 Å². The van der Waals surface area contributed by atoms with Gasteiger partial charge in [-0.05, 0) is 79.0 Å². The maximum Gasteiger partial charge on any atom is 0.355 e. The molecule has 11 aromatic rings. The zero-order valence-electron chi connectivity index (χ0n) is 67.3. The molecule has 128 heavy (non-hydrogen) atoms. The van der Waals surface area contributed by atoms with E-state index in [1.165, 1.54) is 20.7 Å². The molecule has 6 N–H and O–H groups in total. The first-order chi connectivity index (χ1) is 61.4. The van der Waals surface area contributed by atoms with Crippen molar-refractivity contribution in [1.82, 2.24) is 83.2 Å². The first-order valence-corrected chi connectivity index (χ1v) is 39.4. The molecule has 48 heteroatoms. The highest BCUT2D eigenvalue weighted by molar-refractivity contribution is 6.34. The SMILES string of the molecule is C#CCn1c(=O)nc(Nc2cc3cn(C)nc3cc2Cl)n(Cc2cc(F)c(F)cc2F)c1=O.Cn1cc2cc(Nc3nc(=O)n(Cc4cn(CCOCCOCC(=O)Nc5cccc6c5CN(C5CCC(=O)NC5=O)C6=O)nn4)c(=O)n3Cc3cc(F)c(F)cc3F)c(Cl)cc2n1.[N-]=[N+]=NCCOCCOCC(=O)Nc1cccc2c1CN(C1CCC(=O)NC1=O)C2=O. The molecule has 8 amide bonds. The average Bonchev–Trinajstić information content (AvgIpc) is 1.56. The molecule has 0 bridgehead atoms. The number of nitrogens with one attached hydrogen (secondary N) is 6. The smallest absolute Gasteiger partial charge is 0.355 e. The maximum absolute atomic E-state index is 14.8. The number of nitrogens with zero attached hydrogens (tertiary/aromatic N) is 18. The summed E-state index contributed by atoms with van der Waals surface area (Å²) in [4.78, 5) is 164. The zero-order chi connectivity index (χ0) is 91.3. The van der Waals surface area contributed by atoms with E-state index in [0.29, 0.717) is 88.8 Å². The number of hydrogen-bond acceptors (Lipinski definition) is 25. The Kier molecular flexibility index (Phi) is 28.8. The molecule has 664 valence electrons. The van der Waals surface area contributed by atoms with Gasteiger partial charge >= 0.3 is 22.8 Å². The van der Waals surface area contributed by atoms with Crippen LogP contribution in [0.1, 0.15) is 74.3 Å². The van der Waals surface area contributed by atoms with Gasteiger partial charge in [-0.25, -0.2) is 59.3 Å². The van der Waals surface area contributed by atoms with Crippen molar-refractivity contribution in [3.8, 4) is 12.3 Å². The molecule has 2 fully saturated rings. The summed E-state index contributed by atoms with van der Waals surface area (Å²) in [5.74, 6) is -9.50. The summed E-state index contributed by atoms with van der Waals surface area (Å²) >= 11 is 12.8. The van der Waals surface area contributed by atoms with E-state index in [-0.39, 0.29) is 167 Å². The van der Waals surface area contributed by atoms with Gasteiger partial charge in [0.25, 0.3) is 11.8 Å². The van der Waals surface area contributed by atoms with Crippen molar-refractivity contribution in [2.45, 2.75) is 83.6 Å². The van der Waals surface area contributed by atoms with Gasteiger partial charge in [0.15, 0.2) is 23.3 Å². The third-order valence-electron chi connectivity index (χ3n) is 20.0. The molecule has 4 aliphatic heterocycles. The van der Waals surface area contributed by atoms with Gasteiger partial charge in [0.2, 0.25) is 47.3 Å². The van der Waals surface area contributed by atoms with E-state index in [2.05, 4.69) is 78.3 Å². The Labute approximate surface area is 726 Å². The molecule has 9 heterocycles. The predicted octanol–water partition coefficient (Wildman–Crippen LogP) is 5.74. The number of halogens is 8. The van der Waals surface area contributed by atoms with E-state index in [4.69, 9.17) is 54.1 Å². The van der Waals surface area contributed by atoms with Gasteiger partial charge < -0.3 is 50.0 Å². The monoisotopic (exact) mass is 1810 g/mol. The number of piperidine rings is 2. The number of anilines is 6. The van der Waals surface area contributed by atoms with E-state index in [0.717, 1.165) is 9.13 Å². The van der Waals surface area contributed by atoms with Gasteiger partial charge in [0.05, 0.1) is 111 Å². The topological polar surface area (TPSA) is 481 Å². The van der Waals surface area contributed by atoms with Gasteiger partial charge in [-0.2, -0.15) is 20.2 Å². The number of carbonyl (C=O) groups excluding carboxylic acids is 8. The highest BCUT2D eigenvalue weighted by Crippen LogP contribution is 2.36. The van der Waals surface area contributed by atoms with E-state index >= 15 is 0 Å². The maximum atomic E-state index is 14.8. The first-order valence-electron chi connectivity index (χ1n) is 38.7. The van der Waals surface area contributed by atoms with Crippen molar-refractivity contribution in [3.63, 3.8) is 0 Å². The van der Waals surface area contributed by atoms with Crippen molar-refractivity contribution < 1.29 is 83.6 Å². The minimum atomic E-state index is -1.43. The summed E-state index contributed by atoms with van der Waals surface area (Å²) in [5.41, 5.74) is 8.14. The van der Waals surface area contributed by atoms with Crippen LogP contribution in [0.2, 0.25) is 10.0 Å². The van der Waals surface area contributed by atoms with E-state index in [1.54, 1.807) is 96.5 Å². The summed E-state index contributed by atoms with van der Waals surface area (Å²) in [6.45, 7) is -0.881. The van der Waals surface area contributed by atoms with Crippen molar-refractivity contribution in [2.75, 3.05) is 80.7 Å². The molecule has 2 atom stereocenters. The van der Waals surface area contributed by atoms with Crippen molar-refractivity contribution in [3.05, 3.63) is 240 Å². The third-order valence-corrected chi connectivity index (χ3v) is 20.6. The molecule has 4 aliphatic rings. The Balaban J connectivity index is 0.000000183. The summed E-state index contributed by atoms with van der Waals surface area (Å²) in [6, 6.07) is 16.6. The fraction of sp³-hybridized carbons (Fsp3) is 0.300. The van der Waals surface area contributed by atoms with E-state index in [9.17, 15) is 83.9 Å². The lowest BCUT2D eigenvalue weighted by Gasteiger charge is -2.29. The first kappa shape index (κ1) is 91.0. The summed E-state index contributed by atoms with van der Waals surface area (Å²) < 4.78 is 113. The molecule has 0 aliphatic carbocycles. The minimum Gasteiger partial charge on any atom is -0.379 e. The van der Waals surface area contributed by atoms with Crippen LogP contribution in [0.15, 0.2) is 128 Å². The third kappa shape index (κ3) is 21.4. The number of aromatic nitrogens is 13. The number of ether oxygens (including phenoxy) is 4. The van der Waals surface area contributed by atoms with Gasteiger partial charge in [0, 0.05) is 132 Å². The molecule has 6 aromatic carbocycles. The number of aryl methyl sites for hydroxylation is 2. The molecular weight excluding hydrogens is 1740 g/mol. The Morgan fingerprint density at radius 3 is 1.48 bits per heavy atom. The van der Waals surface area contributed by atoms with E-state index in [1.807, 2.05) is 0 Å². The fourth-order valence-corrected chi connectivity index (χ4v) is 14.3. The number of benzene rings is 6. The van der Waals surface area contributed by atoms with E-state index < -0.39 is 131 Å². The minimum absolute atomic E-state index is 0.0521. The van der Waals surface area contributed by atoms with Crippen LogP contribution in [0.5, 0.6) is 0 Å². The zero-order valence-corrected chi connectivity index (χ0v) is 68.8. The van der Waals surface area contributed by atoms with Crippen molar-refractivity contribution >= 4 is 127 Å². The van der Waals surface area contributed by atoms with Crippen LogP contribution < -0.4 is 54.7 Å². The van der Waals surface area contributed by atoms with Crippen LogP contribution in [-0.4, -0.2) is 191 Å². The highest BCUT2D eigenvalue weighted by atomic mass is 35.5. The number of azide groups is 1. The molecule has 0 spiro atoms. The average molecular weight is 1810 g/mol. The molecular formula is C80H72Cl2F6N24O16. The quantitative estimate of drug-likeness (QED) is 0.00440. The number of rotatable bonds is 31. The highest BCUT2D eigenvalue weighted by Gasteiger charge is 2.42. The number of amides is 8. The normalized spacial score (nSPS) is 14.6. The van der Waals surface area contributed by atoms with Gasteiger partial charge in [-0.3, -0.25) is 67.5 Å². The second-order valence-electron chi connectivity index (χ2n) is 28.7. The van der Waals surface area contributed by atoms with Gasteiger partial charge in [-0.1, -0.05) is 51.6 Å². The summed E-state index contributed by atoms with van der Waals surface area (Å²) in [6.07, 6.45) is 10.9. The van der Waals surface area contributed by atoms with Gasteiger partial charge in [0.1, 0.15) is 42.6 Å². The second kappa shape index (κ2) is 40.5. The largest absolute Gasteiger partial charge is 0.379 e. The summed E-state index contributed by atoms with van der Waals surface area (Å²) in [7, 11) is 3.43. The number of fused-ring (bicyclic) bond motifs is 4. The number of carbonyl (C=O) groups is 8. The second-order valence-corrected chi connectivity index (χ2v) is 29.5. The molecule has 0 radical (unpaired) electrons. The standard InChI is InChI=1S/C40H36ClF3N12O8.C21H14ClF3N6O2.C19H22N6O6/c1-52-15-22-12-32(26(41)13-31(22)50-52)46-38-48-39(61)56(40(62)55(38)16-21-11-28(43)29(44)14-27(21)42)18-23-17-53(51-49-23)7-8-63-9-10-64-20-35(58)45-30-4-2-3-24-25(30)19-54(37(24)60)33-5-6-34(57)47-36(33)59;1-3-4-30-20(32)27-19(26-18-6-12-9-29(2)28-17(12)7-13(18)22)31(21(30)33)10-11-5-15(24)16(25)8-14(11)23;20-24-21-6-7-30-8-9-31-11-17(27)22-14-3-1-2-12-13(14)10-25(19(12)29)15-4-5-16(26)23-18(15)28/h2-4,11-15,17,33H,5-10,16,18-20H2,1H3,(H,45,58)(H,46,48,61)(H,47,57,59);1,5-9H,4,10H2,2H3,(H,26,27,32);1-3,15H,4-11H2,(H,22,27)(H,23,26,28). The predicted molar refractivity (Wildman–Crippen MR) is 442 cm³/mol. The molecule has 15 rings (SSSR count). The molecule has 40 nitrogen and oxygen atoms in total. The Morgan fingerprint density at radius 2 is 1.02 bits per heavy atom. The van der Waals surface area contributed by atoms with Crippen LogP contribution >= 0.6 is 23.2 Å².